The van der Waals surface area contributed by atoms with Gasteiger partial charge in [-0.15, -0.1) is 0 Å². The van der Waals surface area contributed by atoms with E-state index in [1.807, 2.05) is 24.3 Å². The fraction of sp³-hybridized carbons (Fsp3) is 0.562. The molecule has 2 fully saturated rings. The van der Waals surface area contributed by atoms with Crippen molar-refractivity contribution in [3.63, 3.8) is 0 Å². The zero-order chi connectivity index (χ0) is 13.1. The second-order valence-corrected chi connectivity index (χ2v) is 5.57. The lowest BCUT2D eigenvalue weighted by Crippen LogP contribution is -2.36. The Morgan fingerprint density at radius 1 is 1.16 bits per heavy atom. The summed E-state index contributed by atoms with van der Waals surface area (Å²) < 4.78 is 5.76. The summed E-state index contributed by atoms with van der Waals surface area (Å²) in [5.41, 5.74) is 0.776. The van der Waals surface area contributed by atoms with Crippen LogP contribution in [0.1, 0.15) is 48.9 Å². The number of hydrogen-bond acceptors (Lipinski definition) is 3. The molecule has 1 aromatic carbocycles. The third-order valence-corrected chi connectivity index (χ3v) is 3.82. The molecule has 1 heterocycles. The molecule has 1 N–H and O–H groups in total. The Morgan fingerprint density at radius 3 is 2.89 bits per heavy atom. The van der Waals surface area contributed by atoms with E-state index < -0.39 is 0 Å². The number of nitrogens with one attached hydrogen (secondary N) is 1. The highest BCUT2D eigenvalue weighted by atomic mass is 16.5. The number of benzene rings is 1. The molecule has 1 aliphatic carbocycles. The second kappa shape index (κ2) is 5.74. The van der Waals surface area contributed by atoms with Crippen molar-refractivity contribution >= 4 is 5.78 Å². The van der Waals surface area contributed by atoms with Crippen LogP contribution in [0.5, 0.6) is 5.75 Å². The average molecular weight is 259 g/mol. The van der Waals surface area contributed by atoms with Gasteiger partial charge in [-0.05, 0) is 44.4 Å². The van der Waals surface area contributed by atoms with Gasteiger partial charge in [0.2, 0.25) is 0 Å². The van der Waals surface area contributed by atoms with Crippen molar-refractivity contribution in [2.75, 3.05) is 6.54 Å². The molecule has 1 aliphatic heterocycles. The van der Waals surface area contributed by atoms with Gasteiger partial charge in [-0.3, -0.25) is 4.79 Å². The molecular formula is C16H21NO2. The molecule has 3 heteroatoms. The van der Waals surface area contributed by atoms with Gasteiger partial charge >= 0.3 is 0 Å². The minimum Gasteiger partial charge on any atom is -0.490 e. The van der Waals surface area contributed by atoms with Gasteiger partial charge in [0.05, 0.1) is 12.1 Å². The van der Waals surface area contributed by atoms with Crippen LogP contribution in [0.4, 0.5) is 0 Å². The number of carbonyl (C=O) groups is 1. The van der Waals surface area contributed by atoms with Crippen LogP contribution in [0.25, 0.3) is 0 Å². The highest BCUT2D eigenvalue weighted by Gasteiger charge is 2.25. The summed E-state index contributed by atoms with van der Waals surface area (Å²) in [5, 5.41) is 3.36. The summed E-state index contributed by atoms with van der Waals surface area (Å²) in [4.78, 5) is 12.5. The first-order valence-electron chi connectivity index (χ1n) is 7.37. The van der Waals surface area contributed by atoms with Crippen LogP contribution in [0.3, 0.4) is 0 Å². The van der Waals surface area contributed by atoms with Crippen molar-refractivity contribution in [1.29, 1.82) is 0 Å². The Bertz CT molecular complexity index is 446. The molecule has 0 aromatic heterocycles. The lowest BCUT2D eigenvalue weighted by molar-refractivity contribution is 0.0940. The fourth-order valence-corrected chi connectivity index (χ4v) is 2.55. The maximum atomic E-state index is 12.5. The van der Waals surface area contributed by atoms with Gasteiger partial charge in [0.15, 0.2) is 5.78 Å². The summed E-state index contributed by atoms with van der Waals surface area (Å²) in [6.45, 7) is 0.953. The number of rotatable bonds is 4. The SMILES string of the molecule is O=C(c1cccc(OC2CC2)c1)C1CCCCCN1. The quantitative estimate of drug-likeness (QED) is 0.845. The normalized spacial score (nSPS) is 23.7. The molecule has 1 unspecified atom stereocenters. The molecule has 102 valence electrons. The van der Waals surface area contributed by atoms with Crippen molar-refractivity contribution in [1.82, 2.24) is 5.32 Å². The topological polar surface area (TPSA) is 38.3 Å². The Balaban J connectivity index is 1.70. The molecule has 19 heavy (non-hydrogen) atoms. The van der Waals surface area contributed by atoms with Crippen molar-refractivity contribution in [3.05, 3.63) is 29.8 Å². The molecule has 0 spiro atoms. The minimum absolute atomic E-state index is 0.0151. The monoisotopic (exact) mass is 259 g/mol. The van der Waals surface area contributed by atoms with Gasteiger partial charge in [0.1, 0.15) is 5.75 Å². The van der Waals surface area contributed by atoms with Crippen LogP contribution in [-0.4, -0.2) is 24.5 Å². The van der Waals surface area contributed by atoms with Crippen molar-refractivity contribution in [2.45, 2.75) is 50.7 Å². The van der Waals surface area contributed by atoms with E-state index in [0.29, 0.717) is 6.10 Å². The number of ketones is 1. The Labute approximate surface area is 114 Å². The number of ether oxygens (including phenoxy) is 1. The molecule has 1 saturated carbocycles. The molecule has 3 nitrogen and oxygen atoms in total. The summed E-state index contributed by atoms with van der Waals surface area (Å²) in [6, 6.07) is 7.64. The van der Waals surface area contributed by atoms with Crippen LogP contribution in [0.15, 0.2) is 24.3 Å². The molecule has 0 amide bonds. The molecule has 3 rings (SSSR count). The molecule has 1 aromatic rings. The molecule has 1 saturated heterocycles. The van der Waals surface area contributed by atoms with E-state index in [1.54, 1.807) is 0 Å². The maximum absolute atomic E-state index is 12.5. The number of carbonyl (C=O) groups excluding carboxylic acids is 1. The lowest BCUT2D eigenvalue weighted by Gasteiger charge is -2.15. The standard InChI is InChI=1S/C16H21NO2/c18-16(15-7-2-1-3-10-17-15)12-5-4-6-14(11-12)19-13-8-9-13/h4-6,11,13,15,17H,1-3,7-10H2. The third-order valence-electron chi connectivity index (χ3n) is 3.82. The van der Waals surface area contributed by atoms with Gasteiger partial charge in [-0.1, -0.05) is 25.0 Å². The molecule has 0 radical (unpaired) electrons. The summed E-state index contributed by atoms with van der Waals surface area (Å²) in [6.07, 6.45) is 7.15. The van der Waals surface area contributed by atoms with Crippen LogP contribution >= 0.6 is 0 Å². The van der Waals surface area contributed by atoms with Crippen LogP contribution in [-0.2, 0) is 0 Å². The lowest BCUT2D eigenvalue weighted by atomic mass is 10.0. The summed E-state index contributed by atoms with van der Waals surface area (Å²) in [7, 11) is 0. The summed E-state index contributed by atoms with van der Waals surface area (Å²) >= 11 is 0. The molecular weight excluding hydrogens is 238 g/mol. The number of Topliss-reactive ketones (excluding diaryl/α,β-unsaturated/α-hetero) is 1. The zero-order valence-electron chi connectivity index (χ0n) is 11.2. The molecule has 0 bridgehead atoms. The van der Waals surface area contributed by atoms with Gasteiger partial charge in [-0.2, -0.15) is 0 Å². The highest BCUT2D eigenvalue weighted by molar-refractivity contribution is 6.00. The first kappa shape index (κ1) is 12.7. The van der Waals surface area contributed by atoms with Gasteiger partial charge < -0.3 is 10.1 Å². The van der Waals surface area contributed by atoms with E-state index in [-0.39, 0.29) is 11.8 Å². The van der Waals surface area contributed by atoms with E-state index in [9.17, 15) is 4.79 Å². The first-order chi connectivity index (χ1) is 9.33. The van der Waals surface area contributed by atoms with E-state index in [1.165, 1.54) is 12.8 Å². The Morgan fingerprint density at radius 2 is 2.05 bits per heavy atom. The first-order valence-corrected chi connectivity index (χ1v) is 7.37. The molecule has 2 aliphatic rings. The van der Waals surface area contributed by atoms with Crippen LogP contribution < -0.4 is 10.1 Å². The third kappa shape index (κ3) is 3.35. The zero-order valence-corrected chi connectivity index (χ0v) is 11.2. The van der Waals surface area contributed by atoms with Crippen LogP contribution in [0.2, 0.25) is 0 Å². The largest absolute Gasteiger partial charge is 0.490 e. The molecule has 1 atom stereocenters. The predicted molar refractivity (Wildman–Crippen MR) is 74.7 cm³/mol. The van der Waals surface area contributed by atoms with Crippen molar-refractivity contribution in [3.8, 4) is 5.75 Å². The van der Waals surface area contributed by atoms with Gasteiger partial charge in [0, 0.05) is 5.56 Å². The van der Waals surface area contributed by atoms with E-state index in [0.717, 1.165) is 43.5 Å². The van der Waals surface area contributed by atoms with E-state index >= 15 is 0 Å². The highest BCUT2D eigenvalue weighted by Crippen LogP contribution is 2.27. The predicted octanol–water partition coefficient (Wildman–Crippen LogP) is 2.94. The minimum atomic E-state index is -0.0151. The summed E-state index contributed by atoms with van der Waals surface area (Å²) in [5.74, 6) is 1.05. The second-order valence-electron chi connectivity index (χ2n) is 5.57. The van der Waals surface area contributed by atoms with E-state index in [2.05, 4.69) is 5.32 Å². The number of hydrogen-bond donors (Lipinski definition) is 1. The Hall–Kier alpha value is -1.35. The Kier molecular flexibility index (Phi) is 3.83. The van der Waals surface area contributed by atoms with Gasteiger partial charge in [-0.25, -0.2) is 0 Å². The average Bonchev–Trinajstić information content (AvgIpc) is 3.24. The maximum Gasteiger partial charge on any atom is 0.179 e. The van der Waals surface area contributed by atoms with E-state index in [4.69, 9.17) is 4.74 Å². The smallest absolute Gasteiger partial charge is 0.179 e. The van der Waals surface area contributed by atoms with Crippen molar-refractivity contribution in [2.24, 2.45) is 0 Å². The fourth-order valence-electron chi connectivity index (χ4n) is 2.55. The van der Waals surface area contributed by atoms with Crippen molar-refractivity contribution < 1.29 is 9.53 Å². The van der Waals surface area contributed by atoms with Gasteiger partial charge in [0.25, 0.3) is 0 Å². The van der Waals surface area contributed by atoms with Crippen LogP contribution in [0, 0.1) is 0 Å².